The summed E-state index contributed by atoms with van der Waals surface area (Å²) in [6, 6.07) is 12.3. The number of nitrogens with two attached hydrogens (primary N) is 2. The zero-order valence-corrected chi connectivity index (χ0v) is 19.4. The Morgan fingerprint density at radius 1 is 1.09 bits per heavy atom. The molecule has 2 aromatic heterocycles. The Morgan fingerprint density at radius 3 is 2.62 bits per heavy atom. The van der Waals surface area contributed by atoms with Gasteiger partial charge in [-0.3, -0.25) is 5.84 Å². The molecule has 3 heterocycles. The van der Waals surface area contributed by atoms with E-state index in [2.05, 4.69) is 50.6 Å². The largest absolute Gasteiger partial charge is 0.491 e. The zero-order valence-electron chi connectivity index (χ0n) is 19.4. The van der Waals surface area contributed by atoms with E-state index in [4.69, 9.17) is 21.5 Å². The van der Waals surface area contributed by atoms with Crippen molar-refractivity contribution in [3.05, 3.63) is 42.7 Å². The molecule has 1 aliphatic heterocycles. The molecule has 176 valence electrons. The first-order valence-corrected chi connectivity index (χ1v) is 11.5. The van der Waals surface area contributed by atoms with Crippen molar-refractivity contribution in [2.24, 2.45) is 27.9 Å². The third-order valence-corrected chi connectivity index (χ3v) is 6.20. The Balaban J connectivity index is 1.58. The molecule has 34 heavy (non-hydrogen) atoms. The van der Waals surface area contributed by atoms with E-state index in [0.717, 1.165) is 71.3 Å². The number of fused-ring (bicyclic) bond motifs is 2. The third kappa shape index (κ3) is 4.42. The fraction of sp³-hybridized carbons (Fsp3) is 0.375. The summed E-state index contributed by atoms with van der Waals surface area (Å²) in [7, 11) is 0. The molecule has 2 aromatic carbocycles. The number of hydrazine groups is 1. The second-order valence-electron chi connectivity index (χ2n) is 9.01. The first kappa shape index (κ1) is 22.2. The minimum atomic E-state index is 0.124. The van der Waals surface area contributed by atoms with Crippen LogP contribution in [0.15, 0.2) is 53.1 Å². The highest BCUT2D eigenvalue weighted by Gasteiger charge is 2.23. The van der Waals surface area contributed by atoms with Crippen LogP contribution in [0.3, 0.4) is 0 Å². The number of nitrogens with zero attached hydrogens (tertiary/aromatic N) is 7. The number of aromatic nitrogens is 4. The van der Waals surface area contributed by atoms with Gasteiger partial charge in [0, 0.05) is 25.2 Å². The van der Waals surface area contributed by atoms with Crippen molar-refractivity contribution < 1.29 is 4.74 Å². The molecular formula is C24H29N9O. The zero-order chi connectivity index (χ0) is 23.7. The molecule has 0 unspecified atom stereocenters. The molecule has 1 aliphatic rings. The predicted octanol–water partition coefficient (Wildman–Crippen LogP) is 3.98. The Hall–Kier alpha value is -3.63. The first-order valence-electron chi connectivity index (χ1n) is 11.5. The summed E-state index contributed by atoms with van der Waals surface area (Å²) < 4.78 is 7.80. The van der Waals surface area contributed by atoms with Crippen molar-refractivity contribution in [3.63, 3.8) is 0 Å². The first-order chi connectivity index (χ1) is 16.5. The predicted molar refractivity (Wildman–Crippen MR) is 131 cm³/mol. The lowest BCUT2D eigenvalue weighted by molar-refractivity contribution is 0.175. The molecule has 0 radical (unpaired) electrons. The Morgan fingerprint density at radius 2 is 1.85 bits per heavy atom. The summed E-state index contributed by atoms with van der Waals surface area (Å²) in [6.45, 7) is 6.56. The maximum atomic E-state index is 5.94. The smallest absolute Gasteiger partial charge is 0.191 e. The van der Waals surface area contributed by atoms with Crippen molar-refractivity contribution >= 4 is 27.6 Å². The SMILES string of the molecule is CC(C)Oc1ccc2cc(-c3nn(CC4CCN(N)CC4)c4ncnc(N=NN)c34)ccc2c1. The van der Waals surface area contributed by atoms with Crippen molar-refractivity contribution in [2.75, 3.05) is 13.1 Å². The molecule has 1 saturated heterocycles. The molecule has 0 amide bonds. The quantitative estimate of drug-likeness (QED) is 0.253. The van der Waals surface area contributed by atoms with E-state index in [9.17, 15) is 0 Å². The van der Waals surface area contributed by atoms with Crippen molar-refractivity contribution in [1.29, 1.82) is 0 Å². The number of rotatable bonds is 6. The summed E-state index contributed by atoms with van der Waals surface area (Å²) in [5.74, 6) is 13.1. The molecule has 0 bridgehead atoms. The Bertz CT molecular complexity index is 1340. The average Bonchev–Trinajstić information content (AvgIpc) is 3.19. The van der Waals surface area contributed by atoms with Crippen LogP contribution < -0.4 is 16.4 Å². The molecular weight excluding hydrogens is 430 g/mol. The van der Waals surface area contributed by atoms with Gasteiger partial charge in [-0.15, -0.1) is 5.11 Å². The van der Waals surface area contributed by atoms with Crippen molar-refractivity contribution in [3.8, 4) is 17.0 Å². The van der Waals surface area contributed by atoms with E-state index in [0.29, 0.717) is 11.7 Å². The van der Waals surface area contributed by atoms with Gasteiger partial charge < -0.3 is 10.6 Å². The number of hydrogen-bond acceptors (Lipinski definition) is 8. The molecule has 10 heteroatoms. The number of hydrogen-bond donors (Lipinski definition) is 2. The van der Waals surface area contributed by atoms with Gasteiger partial charge >= 0.3 is 0 Å². The summed E-state index contributed by atoms with van der Waals surface area (Å²) in [5, 5.41) is 17.3. The number of ether oxygens (including phenoxy) is 1. The molecule has 4 N–H and O–H groups in total. The topological polar surface area (TPSA) is 133 Å². The molecule has 1 fully saturated rings. The van der Waals surface area contributed by atoms with E-state index >= 15 is 0 Å². The third-order valence-electron chi connectivity index (χ3n) is 6.20. The van der Waals surface area contributed by atoms with Gasteiger partial charge in [-0.25, -0.2) is 19.7 Å². The fourth-order valence-electron chi connectivity index (χ4n) is 4.55. The molecule has 10 nitrogen and oxygen atoms in total. The van der Waals surface area contributed by atoms with Crippen LogP contribution in [0.1, 0.15) is 26.7 Å². The molecule has 5 rings (SSSR count). The Kier molecular flexibility index (Phi) is 6.08. The van der Waals surface area contributed by atoms with Gasteiger partial charge in [0.05, 0.1) is 11.5 Å². The van der Waals surface area contributed by atoms with E-state index in [1.807, 2.05) is 29.6 Å². The lowest BCUT2D eigenvalue weighted by atomic mass is 9.98. The minimum Gasteiger partial charge on any atom is -0.491 e. The van der Waals surface area contributed by atoms with Gasteiger partial charge in [-0.2, -0.15) is 5.10 Å². The lowest BCUT2D eigenvalue weighted by Crippen LogP contribution is -2.39. The molecule has 4 aromatic rings. The van der Waals surface area contributed by atoms with Gasteiger partial charge in [0.15, 0.2) is 11.5 Å². The minimum absolute atomic E-state index is 0.124. The summed E-state index contributed by atoms with van der Waals surface area (Å²) in [4.78, 5) is 8.86. The fourth-order valence-corrected chi connectivity index (χ4v) is 4.55. The van der Waals surface area contributed by atoms with E-state index in [1.54, 1.807) is 0 Å². The average molecular weight is 460 g/mol. The van der Waals surface area contributed by atoms with Crippen molar-refractivity contribution in [2.45, 2.75) is 39.3 Å². The molecule has 0 atom stereocenters. The summed E-state index contributed by atoms with van der Waals surface area (Å²) >= 11 is 0. The highest BCUT2D eigenvalue weighted by Crippen LogP contribution is 2.35. The maximum Gasteiger partial charge on any atom is 0.191 e. The summed E-state index contributed by atoms with van der Waals surface area (Å²) in [6.07, 6.45) is 3.64. The maximum absolute atomic E-state index is 5.94. The van der Waals surface area contributed by atoms with Crippen molar-refractivity contribution in [1.82, 2.24) is 24.8 Å². The molecule has 0 aliphatic carbocycles. The van der Waals surface area contributed by atoms with Crippen LogP contribution in [0.2, 0.25) is 0 Å². The van der Waals surface area contributed by atoms with Gasteiger partial charge in [-0.05, 0) is 61.6 Å². The normalized spacial score (nSPS) is 15.8. The lowest BCUT2D eigenvalue weighted by Gasteiger charge is -2.28. The van der Waals surface area contributed by atoms with E-state index in [1.165, 1.54) is 6.33 Å². The second-order valence-corrected chi connectivity index (χ2v) is 9.01. The summed E-state index contributed by atoms with van der Waals surface area (Å²) in [5.41, 5.74) is 2.44. The van der Waals surface area contributed by atoms with Crippen LogP contribution in [-0.4, -0.2) is 44.0 Å². The van der Waals surface area contributed by atoms with Crippen LogP contribution in [0.4, 0.5) is 5.82 Å². The standard InChI is InChI=1S/C24H29N9O/c1-15(2)34-20-6-5-17-11-19(4-3-18(17)12-20)22-21-23(29-31-25)27-14-28-24(21)33(30-22)13-16-7-9-32(26)10-8-16/h3-6,11-12,14-16H,7-10,13,26H2,1-2H3,(H2,25,27,28,29). The van der Waals surface area contributed by atoms with Gasteiger partial charge in [0.25, 0.3) is 0 Å². The van der Waals surface area contributed by atoms with Gasteiger partial charge in [-0.1, -0.05) is 23.4 Å². The molecule has 0 spiro atoms. The monoisotopic (exact) mass is 459 g/mol. The van der Waals surface area contributed by atoms with Crippen LogP contribution in [0.5, 0.6) is 5.75 Å². The van der Waals surface area contributed by atoms with Crippen LogP contribution >= 0.6 is 0 Å². The number of piperidine rings is 1. The Labute approximate surface area is 197 Å². The molecule has 0 saturated carbocycles. The van der Waals surface area contributed by atoms with Gasteiger partial charge in [0.2, 0.25) is 0 Å². The van der Waals surface area contributed by atoms with E-state index < -0.39 is 0 Å². The highest BCUT2D eigenvalue weighted by molar-refractivity contribution is 6.00. The second kappa shape index (κ2) is 9.32. The van der Waals surface area contributed by atoms with Crippen LogP contribution in [0.25, 0.3) is 33.1 Å². The van der Waals surface area contributed by atoms with Gasteiger partial charge in [0.1, 0.15) is 17.8 Å². The highest BCUT2D eigenvalue weighted by atomic mass is 16.5. The number of benzene rings is 2. The van der Waals surface area contributed by atoms with Crippen LogP contribution in [-0.2, 0) is 6.54 Å². The van der Waals surface area contributed by atoms with Crippen LogP contribution in [0, 0.1) is 5.92 Å². The van der Waals surface area contributed by atoms with E-state index in [-0.39, 0.29) is 6.10 Å².